The fourth-order valence-electron chi connectivity index (χ4n) is 2.83. The fraction of sp³-hybridized carbons (Fsp3) is 0.929. The van der Waals surface area contributed by atoms with Crippen LogP contribution in [0.4, 0.5) is 0 Å². The van der Waals surface area contributed by atoms with Gasteiger partial charge in [0.05, 0.1) is 5.41 Å². The molecule has 0 saturated heterocycles. The summed E-state index contributed by atoms with van der Waals surface area (Å²) in [6, 6.07) is 0. The summed E-state index contributed by atoms with van der Waals surface area (Å²) in [5.41, 5.74) is 5.43. The summed E-state index contributed by atoms with van der Waals surface area (Å²) in [6.45, 7) is 5.38. The van der Waals surface area contributed by atoms with E-state index in [2.05, 4.69) is 5.32 Å². The standard InChI is InChI=1S/C14H28N2O/c1-3-14(4-2,11-15)13(17)16-10-9-12-7-5-6-8-12/h12H,3-11,15H2,1-2H3,(H,16,17). The largest absolute Gasteiger partial charge is 0.356 e. The van der Waals surface area contributed by atoms with Crippen molar-refractivity contribution in [2.45, 2.75) is 58.8 Å². The van der Waals surface area contributed by atoms with E-state index in [-0.39, 0.29) is 11.3 Å². The molecule has 1 aliphatic rings. The van der Waals surface area contributed by atoms with E-state index in [1.807, 2.05) is 13.8 Å². The van der Waals surface area contributed by atoms with Crippen LogP contribution in [0.2, 0.25) is 0 Å². The van der Waals surface area contributed by atoms with E-state index in [0.717, 1.165) is 31.7 Å². The van der Waals surface area contributed by atoms with Crippen LogP contribution in [0.25, 0.3) is 0 Å². The summed E-state index contributed by atoms with van der Waals surface area (Å²) in [6.07, 6.45) is 8.23. The van der Waals surface area contributed by atoms with Gasteiger partial charge in [-0.05, 0) is 25.2 Å². The molecule has 3 nitrogen and oxygen atoms in total. The van der Waals surface area contributed by atoms with Gasteiger partial charge in [0, 0.05) is 13.1 Å². The summed E-state index contributed by atoms with van der Waals surface area (Å²) in [5, 5.41) is 3.08. The van der Waals surface area contributed by atoms with Crippen LogP contribution < -0.4 is 11.1 Å². The van der Waals surface area contributed by atoms with Crippen LogP contribution in [-0.2, 0) is 4.79 Å². The van der Waals surface area contributed by atoms with Crippen molar-refractivity contribution < 1.29 is 4.79 Å². The third kappa shape index (κ3) is 3.70. The molecule has 1 fully saturated rings. The van der Waals surface area contributed by atoms with Crippen LogP contribution in [0.3, 0.4) is 0 Å². The minimum Gasteiger partial charge on any atom is -0.356 e. The van der Waals surface area contributed by atoms with Crippen molar-refractivity contribution in [1.82, 2.24) is 5.32 Å². The molecular weight excluding hydrogens is 212 g/mol. The Morgan fingerprint density at radius 3 is 2.35 bits per heavy atom. The normalized spacial score (nSPS) is 17.4. The number of amides is 1. The number of carbonyl (C=O) groups is 1. The molecule has 0 heterocycles. The molecule has 1 aliphatic carbocycles. The van der Waals surface area contributed by atoms with Crippen molar-refractivity contribution in [3.05, 3.63) is 0 Å². The Bertz CT molecular complexity index is 222. The highest BCUT2D eigenvalue weighted by molar-refractivity contribution is 5.82. The first-order valence-electron chi connectivity index (χ1n) is 7.17. The predicted molar refractivity (Wildman–Crippen MR) is 71.7 cm³/mol. The first-order chi connectivity index (χ1) is 8.18. The van der Waals surface area contributed by atoms with Crippen molar-refractivity contribution in [1.29, 1.82) is 0 Å². The summed E-state index contributed by atoms with van der Waals surface area (Å²) >= 11 is 0. The fourth-order valence-corrected chi connectivity index (χ4v) is 2.83. The molecule has 0 radical (unpaired) electrons. The van der Waals surface area contributed by atoms with Gasteiger partial charge in [0.1, 0.15) is 0 Å². The minimum atomic E-state index is -0.338. The second-order valence-corrected chi connectivity index (χ2v) is 5.39. The number of nitrogens with two attached hydrogens (primary N) is 1. The Morgan fingerprint density at radius 2 is 1.88 bits per heavy atom. The molecule has 0 atom stereocenters. The van der Waals surface area contributed by atoms with E-state index in [1.165, 1.54) is 25.7 Å². The predicted octanol–water partition coefficient (Wildman–Crippen LogP) is 2.45. The Labute approximate surface area is 106 Å². The number of nitrogens with one attached hydrogen (secondary N) is 1. The van der Waals surface area contributed by atoms with Crippen LogP contribution in [0.5, 0.6) is 0 Å². The molecule has 1 rings (SSSR count). The van der Waals surface area contributed by atoms with Gasteiger partial charge in [0.25, 0.3) is 0 Å². The number of hydrogen-bond donors (Lipinski definition) is 2. The third-order valence-electron chi connectivity index (χ3n) is 4.54. The van der Waals surface area contributed by atoms with Crippen molar-refractivity contribution >= 4 is 5.91 Å². The van der Waals surface area contributed by atoms with Crippen LogP contribution in [0.15, 0.2) is 0 Å². The van der Waals surface area contributed by atoms with Crippen molar-refractivity contribution in [2.75, 3.05) is 13.1 Å². The van der Waals surface area contributed by atoms with Crippen LogP contribution in [-0.4, -0.2) is 19.0 Å². The number of carbonyl (C=O) groups excluding carboxylic acids is 1. The lowest BCUT2D eigenvalue weighted by molar-refractivity contribution is -0.131. The van der Waals surface area contributed by atoms with Gasteiger partial charge in [0.15, 0.2) is 0 Å². The van der Waals surface area contributed by atoms with E-state index in [9.17, 15) is 4.79 Å². The van der Waals surface area contributed by atoms with E-state index >= 15 is 0 Å². The molecule has 17 heavy (non-hydrogen) atoms. The Hall–Kier alpha value is -0.570. The molecule has 0 aromatic rings. The lowest BCUT2D eigenvalue weighted by Gasteiger charge is -2.28. The Morgan fingerprint density at radius 1 is 1.29 bits per heavy atom. The number of hydrogen-bond acceptors (Lipinski definition) is 2. The van der Waals surface area contributed by atoms with E-state index in [1.54, 1.807) is 0 Å². The molecule has 0 aromatic heterocycles. The van der Waals surface area contributed by atoms with Crippen LogP contribution >= 0.6 is 0 Å². The zero-order valence-electron chi connectivity index (χ0n) is 11.4. The monoisotopic (exact) mass is 240 g/mol. The quantitative estimate of drug-likeness (QED) is 0.718. The first kappa shape index (κ1) is 14.5. The maximum Gasteiger partial charge on any atom is 0.227 e. The molecule has 3 heteroatoms. The molecular formula is C14H28N2O. The zero-order valence-corrected chi connectivity index (χ0v) is 11.4. The molecule has 3 N–H and O–H groups in total. The average molecular weight is 240 g/mol. The molecule has 0 unspecified atom stereocenters. The molecule has 1 amide bonds. The van der Waals surface area contributed by atoms with Gasteiger partial charge in [0.2, 0.25) is 5.91 Å². The van der Waals surface area contributed by atoms with Crippen molar-refractivity contribution in [3.63, 3.8) is 0 Å². The Balaban J connectivity index is 2.31. The zero-order chi connectivity index (χ0) is 12.7. The van der Waals surface area contributed by atoms with Gasteiger partial charge < -0.3 is 11.1 Å². The third-order valence-corrected chi connectivity index (χ3v) is 4.54. The van der Waals surface area contributed by atoms with E-state index in [4.69, 9.17) is 5.73 Å². The van der Waals surface area contributed by atoms with Gasteiger partial charge in [-0.2, -0.15) is 0 Å². The second kappa shape index (κ2) is 7.00. The van der Waals surface area contributed by atoms with Crippen molar-refractivity contribution in [3.8, 4) is 0 Å². The van der Waals surface area contributed by atoms with Gasteiger partial charge >= 0.3 is 0 Å². The highest BCUT2D eigenvalue weighted by atomic mass is 16.2. The number of rotatable bonds is 7. The molecule has 0 spiro atoms. The van der Waals surface area contributed by atoms with E-state index < -0.39 is 0 Å². The van der Waals surface area contributed by atoms with Crippen LogP contribution in [0, 0.1) is 11.3 Å². The van der Waals surface area contributed by atoms with Gasteiger partial charge in [-0.3, -0.25) is 4.79 Å². The lowest BCUT2D eigenvalue weighted by Crippen LogP contribution is -2.45. The molecule has 0 aromatic carbocycles. The van der Waals surface area contributed by atoms with Gasteiger partial charge in [-0.25, -0.2) is 0 Å². The molecule has 100 valence electrons. The molecule has 0 bridgehead atoms. The van der Waals surface area contributed by atoms with Gasteiger partial charge in [-0.1, -0.05) is 39.5 Å². The maximum atomic E-state index is 12.1. The average Bonchev–Trinajstić information content (AvgIpc) is 2.85. The summed E-state index contributed by atoms with van der Waals surface area (Å²) in [7, 11) is 0. The SMILES string of the molecule is CCC(CC)(CN)C(=O)NCCC1CCCC1. The topological polar surface area (TPSA) is 55.1 Å². The molecule has 1 saturated carbocycles. The summed E-state index contributed by atoms with van der Waals surface area (Å²) < 4.78 is 0. The maximum absolute atomic E-state index is 12.1. The second-order valence-electron chi connectivity index (χ2n) is 5.39. The summed E-state index contributed by atoms with van der Waals surface area (Å²) in [5.74, 6) is 0.994. The van der Waals surface area contributed by atoms with Crippen molar-refractivity contribution in [2.24, 2.45) is 17.1 Å². The lowest BCUT2D eigenvalue weighted by atomic mass is 9.81. The Kier molecular flexibility index (Phi) is 5.96. The minimum absolute atomic E-state index is 0.156. The first-order valence-corrected chi connectivity index (χ1v) is 7.17. The van der Waals surface area contributed by atoms with E-state index in [0.29, 0.717) is 6.54 Å². The summed E-state index contributed by atoms with van der Waals surface area (Å²) in [4.78, 5) is 12.1. The van der Waals surface area contributed by atoms with Crippen LogP contribution in [0.1, 0.15) is 58.8 Å². The highest BCUT2D eigenvalue weighted by Crippen LogP contribution is 2.28. The highest BCUT2D eigenvalue weighted by Gasteiger charge is 2.32. The van der Waals surface area contributed by atoms with Gasteiger partial charge in [-0.15, -0.1) is 0 Å². The molecule has 0 aliphatic heterocycles. The smallest absolute Gasteiger partial charge is 0.227 e.